The zero-order chi connectivity index (χ0) is 19.6. The maximum Gasteiger partial charge on any atom is 0.404 e. The SMILES string of the molecule is CC(=O)Nc1ncc(CN2C[C@@H](Cc3ncc(F)cn3)C[C@@H]2C(F)(F)F)s1. The fraction of sp³-hybridized carbons (Fsp3) is 0.500. The third-order valence-corrected chi connectivity index (χ3v) is 5.11. The molecule has 2 aromatic heterocycles. The molecule has 0 unspecified atom stereocenters. The quantitative estimate of drug-likeness (QED) is 0.777. The predicted molar refractivity (Wildman–Crippen MR) is 90.5 cm³/mol. The first-order valence-electron chi connectivity index (χ1n) is 8.20. The number of halogens is 4. The van der Waals surface area contributed by atoms with Crippen molar-refractivity contribution in [1.82, 2.24) is 19.9 Å². The summed E-state index contributed by atoms with van der Waals surface area (Å²) in [6, 6.07) is -1.57. The fourth-order valence-corrected chi connectivity index (χ4v) is 4.04. The van der Waals surface area contributed by atoms with Crippen LogP contribution in [0.25, 0.3) is 0 Å². The maximum atomic E-state index is 13.5. The van der Waals surface area contributed by atoms with Crippen molar-refractivity contribution in [1.29, 1.82) is 0 Å². The molecule has 27 heavy (non-hydrogen) atoms. The van der Waals surface area contributed by atoms with Gasteiger partial charge in [-0.2, -0.15) is 13.2 Å². The first-order valence-corrected chi connectivity index (χ1v) is 9.02. The van der Waals surface area contributed by atoms with Crippen LogP contribution in [0.1, 0.15) is 24.0 Å². The number of rotatable bonds is 5. The molecule has 1 fully saturated rings. The summed E-state index contributed by atoms with van der Waals surface area (Å²) in [7, 11) is 0. The number of carbonyl (C=O) groups is 1. The van der Waals surface area contributed by atoms with Gasteiger partial charge < -0.3 is 5.32 Å². The average Bonchev–Trinajstić information content (AvgIpc) is 3.16. The van der Waals surface area contributed by atoms with Gasteiger partial charge in [-0.25, -0.2) is 19.3 Å². The molecule has 146 valence electrons. The molecule has 11 heteroatoms. The third-order valence-electron chi connectivity index (χ3n) is 4.21. The highest BCUT2D eigenvalue weighted by Crippen LogP contribution is 2.37. The van der Waals surface area contributed by atoms with Crippen LogP contribution in [0.4, 0.5) is 22.7 Å². The zero-order valence-corrected chi connectivity index (χ0v) is 15.1. The molecule has 1 amide bonds. The van der Waals surface area contributed by atoms with Crippen molar-refractivity contribution in [3.05, 3.63) is 35.1 Å². The highest BCUT2D eigenvalue weighted by Gasteiger charge is 2.49. The number of hydrogen-bond donors (Lipinski definition) is 1. The number of nitrogens with one attached hydrogen (secondary N) is 1. The zero-order valence-electron chi connectivity index (χ0n) is 14.3. The lowest BCUT2D eigenvalue weighted by molar-refractivity contribution is -0.177. The second-order valence-electron chi connectivity index (χ2n) is 6.42. The number of likely N-dealkylation sites (tertiary alicyclic amines) is 1. The van der Waals surface area contributed by atoms with E-state index in [0.717, 1.165) is 23.7 Å². The summed E-state index contributed by atoms with van der Waals surface area (Å²) >= 11 is 1.15. The molecule has 0 aromatic carbocycles. The molecule has 3 heterocycles. The molecule has 1 aliphatic rings. The molecule has 0 radical (unpaired) electrons. The van der Waals surface area contributed by atoms with Gasteiger partial charge >= 0.3 is 6.18 Å². The van der Waals surface area contributed by atoms with E-state index in [2.05, 4.69) is 20.3 Å². The Bertz CT molecular complexity index is 795. The molecule has 1 aliphatic heterocycles. The summed E-state index contributed by atoms with van der Waals surface area (Å²) in [5.74, 6) is -0.829. The van der Waals surface area contributed by atoms with Gasteiger partial charge in [0.25, 0.3) is 0 Å². The third kappa shape index (κ3) is 5.19. The summed E-state index contributed by atoms with van der Waals surface area (Å²) in [6.07, 6.45) is -0.678. The van der Waals surface area contributed by atoms with E-state index < -0.39 is 18.0 Å². The Hall–Kier alpha value is -2.14. The van der Waals surface area contributed by atoms with Crippen LogP contribution in [-0.4, -0.2) is 44.5 Å². The van der Waals surface area contributed by atoms with Crippen molar-refractivity contribution in [2.45, 2.75) is 38.5 Å². The lowest BCUT2D eigenvalue weighted by Crippen LogP contribution is -2.40. The van der Waals surface area contributed by atoms with Gasteiger partial charge in [-0.3, -0.25) is 9.69 Å². The number of nitrogens with zero attached hydrogens (tertiary/aromatic N) is 4. The molecule has 6 nitrogen and oxygen atoms in total. The van der Waals surface area contributed by atoms with E-state index in [1.165, 1.54) is 18.0 Å². The summed E-state index contributed by atoms with van der Waals surface area (Å²) in [5.41, 5.74) is 0. The molecule has 1 saturated heterocycles. The second kappa shape index (κ2) is 7.85. The van der Waals surface area contributed by atoms with Crippen LogP contribution < -0.4 is 5.32 Å². The molecular formula is C16H17F4N5OS. The number of alkyl halides is 3. The minimum absolute atomic E-state index is 0.0679. The Balaban J connectivity index is 1.69. The first kappa shape index (κ1) is 19.6. The van der Waals surface area contributed by atoms with Crippen molar-refractivity contribution in [2.75, 3.05) is 11.9 Å². The highest BCUT2D eigenvalue weighted by molar-refractivity contribution is 7.15. The average molecular weight is 403 g/mol. The van der Waals surface area contributed by atoms with Crippen LogP contribution in [-0.2, 0) is 17.8 Å². The van der Waals surface area contributed by atoms with Crippen molar-refractivity contribution >= 4 is 22.4 Å². The van der Waals surface area contributed by atoms with Crippen molar-refractivity contribution < 1.29 is 22.4 Å². The molecule has 0 saturated carbocycles. The van der Waals surface area contributed by atoms with E-state index in [-0.39, 0.29) is 37.8 Å². The Labute approximate surface area is 156 Å². The lowest BCUT2D eigenvalue weighted by Gasteiger charge is -2.25. The first-order chi connectivity index (χ1) is 12.7. The summed E-state index contributed by atoms with van der Waals surface area (Å²) < 4.78 is 53.3. The Morgan fingerprint density at radius 1 is 1.30 bits per heavy atom. The number of thiazole rings is 1. The van der Waals surface area contributed by atoms with Crippen LogP contribution in [0.2, 0.25) is 0 Å². The van der Waals surface area contributed by atoms with Gasteiger partial charge in [0, 0.05) is 37.5 Å². The van der Waals surface area contributed by atoms with Crippen molar-refractivity contribution in [3.8, 4) is 0 Å². The molecular weight excluding hydrogens is 386 g/mol. The normalized spacial score (nSPS) is 20.8. The summed E-state index contributed by atoms with van der Waals surface area (Å²) in [6.45, 7) is 1.64. The van der Waals surface area contributed by atoms with E-state index in [1.807, 2.05) is 0 Å². The van der Waals surface area contributed by atoms with E-state index in [9.17, 15) is 22.4 Å². The second-order valence-corrected chi connectivity index (χ2v) is 7.54. The van der Waals surface area contributed by atoms with Crippen LogP contribution in [0.3, 0.4) is 0 Å². The van der Waals surface area contributed by atoms with Crippen molar-refractivity contribution in [2.24, 2.45) is 5.92 Å². The van der Waals surface area contributed by atoms with Gasteiger partial charge in [-0.05, 0) is 12.3 Å². The Morgan fingerprint density at radius 3 is 2.63 bits per heavy atom. The number of anilines is 1. The Kier molecular flexibility index (Phi) is 5.70. The van der Waals surface area contributed by atoms with Gasteiger partial charge in [0.15, 0.2) is 10.9 Å². The van der Waals surface area contributed by atoms with E-state index in [0.29, 0.717) is 15.8 Å². The van der Waals surface area contributed by atoms with Gasteiger partial charge in [-0.1, -0.05) is 0 Å². The predicted octanol–water partition coefficient (Wildman–Crippen LogP) is 3.03. The Morgan fingerprint density at radius 2 is 2.00 bits per heavy atom. The van der Waals surface area contributed by atoms with Crippen LogP contribution in [0, 0.1) is 11.7 Å². The topological polar surface area (TPSA) is 71.0 Å². The molecule has 1 N–H and O–H groups in total. The van der Waals surface area contributed by atoms with E-state index in [4.69, 9.17) is 0 Å². The molecule has 0 aliphatic carbocycles. The highest BCUT2D eigenvalue weighted by atomic mass is 32.1. The van der Waals surface area contributed by atoms with Gasteiger partial charge in [0.1, 0.15) is 11.9 Å². The van der Waals surface area contributed by atoms with Crippen LogP contribution in [0.5, 0.6) is 0 Å². The maximum absolute atomic E-state index is 13.5. The minimum Gasteiger partial charge on any atom is -0.302 e. The standard InChI is InChI=1S/C16H17F4N5OS/c1-9(26)24-15-23-6-12(27-15)8-25-7-10(2-13(25)16(18,19)20)3-14-21-4-11(17)5-22-14/h4-6,10,13H,2-3,7-8H2,1H3,(H,23,24,26)/t10-,13-/m1/s1. The monoisotopic (exact) mass is 403 g/mol. The largest absolute Gasteiger partial charge is 0.404 e. The lowest BCUT2D eigenvalue weighted by atomic mass is 10.0. The smallest absolute Gasteiger partial charge is 0.302 e. The molecule has 2 aromatic rings. The molecule has 0 spiro atoms. The van der Waals surface area contributed by atoms with Gasteiger partial charge in [-0.15, -0.1) is 11.3 Å². The molecule has 3 rings (SSSR count). The number of aromatic nitrogens is 3. The fourth-order valence-electron chi connectivity index (χ4n) is 3.15. The summed E-state index contributed by atoms with van der Waals surface area (Å²) in [4.78, 5) is 24.7. The van der Waals surface area contributed by atoms with Crippen molar-refractivity contribution in [3.63, 3.8) is 0 Å². The van der Waals surface area contributed by atoms with Crippen LogP contribution >= 0.6 is 11.3 Å². The van der Waals surface area contributed by atoms with Crippen LogP contribution in [0.15, 0.2) is 18.6 Å². The van der Waals surface area contributed by atoms with E-state index in [1.54, 1.807) is 0 Å². The number of hydrogen-bond acceptors (Lipinski definition) is 6. The summed E-state index contributed by atoms with van der Waals surface area (Å²) in [5, 5.41) is 2.88. The molecule has 0 bridgehead atoms. The van der Waals surface area contributed by atoms with Gasteiger partial charge in [0.2, 0.25) is 5.91 Å². The number of carbonyl (C=O) groups excluding carboxylic acids is 1. The molecule has 2 atom stereocenters. The van der Waals surface area contributed by atoms with Gasteiger partial charge in [0.05, 0.1) is 12.4 Å². The number of amides is 1. The van der Waals surface area contributed by atoms with E-state index >= 15 is 0 Å². The minimum atomic E-state index is -4.36.